The summed E-state index contributed by atoms with van der Waals surface area (Å²) in [5.41, 5.74) is 2.28. The summed E-state index contributed by atoms with van der Waals surface area (Å²) < 4.78 is 0. The molecule has 0 aliphatic carbocycles. The zero-order valence-corrected chi connectivity index (χ0v) is 11.4. The van der Waals surface area contributed by atoms with Crippen LogP contribution in [0.25, 0.3) is 0 Å². The number of rotatable bonds is 5. The van der Waals surface area contributed by atoms with E-state index in [1.165, 1.54) is 5.56 Å². The summed E-state index contributed by atoms with van der Waals surface area (Å²) in [4.78, 5) is 33.6. The highest BCUT2D eigenvalue weighted by atomic mass is 16.4. The van der Waals surface area contributed by atoms with Crippen LogP contribution in [0.3, 0.4) is 0 Å². The van der Waals surface area contributed by atoms with Gasteiger partial charge in [0.2, 0.25) is 11.8 Å². The van der Waals surface area contributed by atoms with Crippen molar-refractivity contribution >= 4 is 17.8 Å². The number of benzene rings is 1. The second-order valence-corrected chi connectivity index (χ2v) is 4.79. The maximum absolute atomic E-state index is 12.0. The lowest BCUT2D eigenvalue weighted by Crippen LogP contribution is -2.50. The molecule has 0 saturated heterocycles. The van der Waals surface area contributed by atoms with Crippen LogP contribution in [0.1, 0.15) is 11.1 Å². The number of amides is 2. The molecule has 0 saturated carbocycles. The van der Waals surface area contributed by atoms with Gasteiger partial charge in [0.25, 0.3) is 0 Å². The Kier molecular flexibility index (Phi) is 4.89. The number of carbonyl (C=O) groups excluding carboxylic acids is 2. The molecule has 21 heavy (non-hydrogen) atoms. The van der Waals surface area contributed by atoms with E-state index in [-0.39, 0.29) is 18.5 Å². The lowest BCUT2D eigenvalue weighted by molar-refractivity contribution is -0.137. The molecule has 7 heteroatoms. The van der Waals surface area contributed by atoms with Crippen molar-refractivity contribution in [1.29, 1.82) is 0 Å². The Morgan fingerprint density at radius 2 is 1.86 bits per heavy atom. The van der Waals surface area contributed by atoms with Crippen molar-refractivity contribution in [3.05, 3.63) is 35.4 Å². The number of carboxylic acid groups (broad SMARTS) is 1. The number of fused-ring (bicyclic) bond motifs is 1. The molecule has 0 spiro atoms. The molecule has 7 nitrogen and oxygen atoms in total. The third-order valence-electron chi connectivity index (χ3n) is 3.26. The molecule has 1 aliphatic rings. The molecule has 1 aromatic rings. The highest BCUT2D eigenvalue weighted by molar-refractivity contribution is 5.88. The van der Waals surface area contributed by atoms with Crippen LogP contribution < -0.4 is 16.0 Å². The first kappa shape index (κ1) is 15.0. The predicted octanol–water partition coefficient (Wildman–Crippen LogP) is -0.982. The molecule has 112 valence electrons. The second kappa shape index (κ2) is 6.85. The van der Waals surface area contributed by atoms with Gasteiger partial charge in [-0.15, -0.1) is 0 Å². The average molecular weight is 291 g/mol. The third-order valence-corrected chi connectivity index (χ3v) is 3.26. The van der Waals surface area contributed by atoms with Crippen LogP contribution >= 0.6 is 0 Å². The lowest BCUT2D eigenvalue weighted by atomic mass is 9.95. The maximum Gasteiger partial charge on any atom is 0.322 e. The Bertz CT molecular complexity index is 559. The molecule has 1 aliphatic heterocycles. The van der Waals surface area contributed by atoms with Crippen molar-refractivity contribution in [2.24, 2.45) is 0 Å². The molecular formula is C14H17N3O4. The first-order chi connectivity index (χ1) is 10.1. The van der Waals surface area contributed by atoms with Crippen molar-refractivity contribution < 1.29 is 19.5 Å². The fraction of sp³-hybridized carbons (Fsp3) is 0.357. The van der Waals surface area contributed by atoms with Crippen LogP contribution in [-0.4, -0.2) is 42.0 Å². The Morgan fingerprint density at radius 3 is 2.57 bits per heavy atom. The average Bonchev–Trinajstić information content (AvgIpc) is 2.50. The number of hydrogen-bond acceptors (Lipinski definition) is 4. The first-order valence-electron chi connectivity index (χ1n) is 6.62. The van der Waals surface area contributed by atoms with Gasteiger partial charge < -0.3 is 21.1 Å². The zero-order valence-electron chi connectivity index (χ0n) is 11.4. The third kappa shape index (κ3) is 4.28. The van der Waals surface area contributed by atoms with Crippen molar-refractivity contribution in [2.45, 2.75) is 19.0 Å². The van der Waals surface area contributed by atoms with Gasteiger partial charge in [0.05, 0.1) is 12.6 Å². The number of hydrogen-bond donors (Lipinski definition) is 4. The highest BCUT2D eigenvalue weighted by Crippen LogP contribution is 2.16. The van der Waals surface area contributed by atoms with E-state index in [9.17, 15) is 14.4 Å². The van der Waals surface area contributed by atoms with E-state index in [2.05, 4.69) is 16.0 Å². The topological polar surface area (TPSA) is 108 Å². The summed E-state index contributed by atoms with van der Waals surface area (Å²) in [6.07, 6.45) is 0.568. The van der Waals surface area contributed by atoms with Crippen molar-refractivity contribution in [3.63, 3.8) is 0 Å². The predicted molar refractivity (Wildman–Crippen MR) is 74.4 cm³/mol. The highest BCUT2D eigenvalue weighted by Gasteiger charge is 2.23. The minimum Gasteiger partial charge on any atom is -0.480 e. The molecule has 1 atom stereocenters. The Morgan fingerprint density at radius 1 is 1.14 bits per heavy atom. The zero-order chi connectivity index (χ0) is 15.2. The molecule has 0 fully saturated rings. The smallest absolute Gasteiger partial charge is 0.322 e. The van der Waals surface area contributed by atoms with E-state index in [0.717, 1.165) is 5.56 Å². The Labute approximate surface area is 121 Å². The Hall–Kier alpha value is -2.41. The molecule has 4 N–H and O–H groups in total. The van der Waals surface area contributed by atoms with E-state index in [1.54, 1.807) is 0 Å². The first-order valence-corrected chi connectivity index (χ1v) is 6.62. The van der Waals surface area contributed by atoms with Crippen LogP contribution in [0.4, 0.5) is 0 Å². The normalized spacial score (nSPS) is 16.7. The van der Waals surface area contributed by atoms with E-state index in [4.69, 9.17) is 5.11 Å². The van der Waals surface area contributed by atoms with E-state index >= 15 is 0 Å². The summed E-state index contributed by atoms with van der Waals surface area (Å²) in [5, 5.41) is 16.2. The van der Waals surface area contributed by atoms with Crippen molar-refractivity contribution in [3.8, 4) is 0 Å². The standard InChI is InChI=1S/C14H17N3O4/c18-12(16-8-13(19)20)7-17-14(21)11-5-9-3-1-2-4-10(9)6-15-11/h1-4,11,15H,5-8H2,(H,16,18)(H,17,21)(H,19,20)/t11-/m1/s1. The quantitative estimate of drug-likeness (QED) is 0.557. The molecule has 1 heterocycles. The van der Waals surface area contributed by atoms with Crippen LogP contribution in [0.2, 0.25) is 0 Å². The second-order valence-electron chi connectivity index (χ2n) is 4.79. The fourth-order valence-corrected chi connectivity index (χ4v) is 2.17. The lowest BCUT2D eigenvalue weighted by Gasteiger charge is -2.25. The molecule has 0 unspecified atom stereocenters. The maximum atomic E-state index is 12.0. The van der Waals surface area contributed by atoms with Gasteiger partial charge in [-0.2, -0.15) is 0 Å². The van der Waals surface area contributed by atoms with Crippen LogP contribution in [0.5, 0.6) is 0 Å². The van der Waals surface area contributed by atoms with Gasteiger partial charge >= 0.3 is 5.97 Å². The van der Waals surface area contributed by atoms with Crippen LogP contribution in [0.15, 0.2) is 24.3 Å². The molecule has 0 bridgehead atoms. The van der Waals surface area contributed by atoms with E-state index < -0.39 is 18.4 Å². The van der Waals surface area contributed by atoms with E-state index in [0.29, 0.717) is 13.0 Å². The molecular weight excluding hydrogens is 274 g/mol. The van der Waals surface area contributed by atoms with Gasteiger partial charge in [-0.1, -0.05) is 24.3 Å². The summed E-state index contributed by atoms with van der Waals surface area (Å²) in [6, 6.07) is 7.49. The summed E-state index contributed by atoms with van der Waals surface area (Å²) in [5.74, 6) is -1.92. The van der Waals surface area contributed by atoms with E-state index in [1.807, 2.05) is 24.3 Å². The van der Waals surface area contributed by atoms with Gasteiger partial charge in [0.1, 0.15) is 6.54 Å². The molecule has 0 aromatic heterocycles. The molecule has 2 rings (SSSR count). The molecule has 2 amide bonds. The van der Waals surface area contributed by atoms with Gasteiger partial charge in [-0.25, -0.2) is 0 Å². The number of carboxylic acids is 1. The van der Waals surface area contributed by atoms with Crippen molar-refractivity contribution in [1.82, 2.24) is 16.0 Å². The van der Waals surface area contributed by atoms with Crippen LogP contribution in [0, 0.1) is 0 Å². The van der Waals surface area contributed by atoms with Gasteiger partial charge in [0, 0.05) is 6.54 Å². The SMILES string of the molecule is O=C(O)CNC(=O)CNC(=O)[C@H]1Cc2ccccc2CN1. The van der Waals surface area contributed by atoms with Crippen LogP contribution in [-0.2, 0) is 27.3 Å². The molecule has 0 radical (unpaired) electrons. The molecule has 1 aromatic carbocycles. The summed E-state index contributed by atoms with van der Waals surface area (Å²) >= 11 is 0. The summed E-state index contributed by atoms with van der Waals surface area (Å²) in [6.45, 7) is -0.0742. The monoisotopic (exact) mass is 291 g/mol. The number of carbonyl (C=O) groups is 3. The van der Waals surface area contributed by atoms with Gasteiger partial charge in [-0.05, 0) is 17.5 Å². The summed E-state index contributed by atoms with van der Waals surface area (Å²) in [7, 11) is 0. The van der Waals surface area contributed by atoms with Gasteiger partial charge in [0.15, 0.2) is 0 Å². The largest absolute Gasteiger partial charge is 0.480 e. The Balaban J connectivity index is 1.80. The van der Waals surface area contributed by atoms with Gasteiger partial charge in [-0.3, -0.25) is 14.4 Å². The number of nitrogens with one attached hydrogen (secondary N) is 3. The minimum atomic E-state index is -1.12. The minimum absolute atomic E-state index is 0.230. The fourth-order valence-electron chi connectivity index (χ4n) is 2.17. The van der Waals surface area contributed by atoms with Crippen molar-refractivity contribution in [2.75, 3.05) is 13.1 Å². The number of aliphatic carboxylic acids is 1.